The molecule has 3 nitrogen and oxygen atoms in total. The SMILES string of the molecule is Cl.OP(OCc1ccccc1)OCc1ccccc1. The third-order valence-corrected chi connectivity index (χ3v) is 3.07. The summed E-state index contributed by atoms with van der Waals surface area (Å²) in [5, 5.41) is 0. The second kappa shape index (κ2) is 9.03. The Morgan fingerprint density at radius 2 is 1.11 bits per heavy atom. The third kappa shape index (κ3) is 6.15. The van der Waals surface area contributed by atoms with Gasteiger partial charge < -0.3 is 13.9 Å². The summed E-state index contributed by atoms with van der Waals surface area (Å²) >= 11 is 0. The molecule has 0 aliphatic heterocycles. The average molecular weight is 299 g/mol. The Balaban J connectivity index is 0.00000180. The van der Waals surface area contributed by atoms with Crippen LogP contribution in [0.2, 0.25) is 0 Å². The smallest absolute Gasteiger partial charge is 0.328 e. The van der Waals surface area contributed by atoms with Gasteiger partial charge in [0.25, 0.3) is 0 Å². The molecule has 5 heteroatoms. The van der Waals surface area contributed by atoms with E-state index in [0.29, 0.717) is 13.2 Å². The minimum atomic E-state index is -1.83. The maximum absolute atomic E-state index is 9.59. The molecule has 0 unspecified atom stereocenters. The van der Waals surface area contributed by atoms with Gasteiger partial charge in [-0.3, -0.25) is 0 Å². The van der Waals surface area contributed by atoms with Gasteiger partial charge in [0.05, 0.1) is 13.2 Å². The van der Waals surface area contributed by atoms with E-state index in [2.05, 4.69) is 0 Å². The van der Waals surface area contributed by atoms with E-state index in [1.54, 1.807) is 0 Å². The Morgan fingerprint density at radius 1 is 0.737 bits per heavy atom. The Bertz CT molecular complexity index is 409. The van der Waals surface area contributed by atoms with Gasteiger partial charge in [-0.25, -0.2) is 0 Å². The highest BCUT2D eigenvalue weighted by Crippen LogP contribution is 2.35. The van der Waals surface area contributed by atoms with Crippen molar-refractivity contribution in [3.63, 3.8) is 0 Å². The summed E-state index contributed by atoms with van der Waals surface area (Å²) in [5.74, 6) is 0. The van der Waals surface area contributed by atoms with Crippen molar-refractivity contribution in [1.82, 2.24) is 0 Å². The molecule has 0 heterocycles. The van der Waals surface area contributed by atoms with Crippen molar-refractivity contribution < 1.29 is 13.9 Å². The molecular weight excluding hydrogens is 283 g/mol. The normalized spacial score (nSPS) is 10.2. The van der Waals surface area contributed by atoms with Crippen LogP contribution in [-0.2, 0) is 22.3 Å². The van der Waals surface area contributed by atoms with Crippen molar-refractivity contribution in [2.24, 2.45) is 0 Å². The second-order valence-corrected chi connectivity index (χ2v) is 4.75. The fourth-order valence-corrected chi connectivity index (χ4v) is 2.04. The molecule has 2 rings (SSSR count). The van der Waals surface area contributed by atoms with Crippen LogP contribution in [0.5, 0.6) is 0 Å². The van der Waals surface area contributed by atoms with Crippen molar-refractivity contribution >= 4 is 21.0 Å². The predicted octanol–water partition coefficient (Wildman–Crippen LogP) is 4.06. The average Bonchev–Trinajstić information content (AvgIpc) is 2.45. The molecule has 0 spiro atoms. The van der Waals surface area contributed by atoms with E-state index in [0.717, 1.165) is 11.1 Å². The van der Waals surface area contributed by atoms with Crippen LogP contribution in [0, 0.1) is 0 Å². The fourth-order valence-electron chi connectivity index (χ4n) is 1.45. The summed E-state index contributed by atoms with van der Waals surface area (Å²) < 4.78 is 10.5. The first-order valence-corrected chi connectivity index (χ1v) is 6.80. The first kappa shape index (κ1) is 16.1. The molecular formula is C14H16ClO3P. The summed E-state index contributed by atoms with van der Waals surface area (Å²) in [5.41, 5.74) is 2.03. The van der Waals surface area contributed by atoms with Crippen LogP contribution in [-0.4, -0.2) is 4.89 Å². The summed E-state index contributed by atoms with van der Waals surface area (Å²) in [6, 6.07) is 19.4. The van der Waals surface area contributed by atoms with Crippen LogP contribution in [0.25, 0.3) is 0 Å². The number of hydrogen-bond donors (Lipinski definition) is 1. The molecule has 0 aromatic heterocycles. The number of benzene rings is 2. The molecule has 0 saturated heterocycles. The lowest BCUT2D eigenvalue weighted by Crippen LogP contribution is -1.92. The van der Waals surface area contributed by atoms with Gasteiger partial charge in [-0.2, -0.15) is 0 Å². The summed E-state index contributed by atoms with van der Waals surface area (Å²) in [6.07, 6.45) is 0. The molecule has 102 valence electrons. The molecule has 2 aromatic rings. The van der Waals surface area contributed by atoms with E-state index < -0.39 is 8.60 Å². The van der Waals surface area contributed by atoms with Gasteiger partial charge >= 0.3 is 8.60 Å². The minimum Gasteiger partial charge on any atom is -0.328 e. The summed E-state index contributed by atoms with van der Waals surface area (Å²) in [4.78, 5) is 9.59. The summed E-state index contributed by atoms with van der Waals surface area (Å²) in [7, 11) is -1.83. The predicted molar refractivity (Wildman–Crippen MR) is 78.8 cm³/mol. The van der Waals surface area contributed by atoms with Crippen molar-refractivity contribution in [1.29, 1.82) is 0 Å². The molecule has 0 atom stereocenters. The largest absolute Gasteiger partial charge is 0.330 e. The molecule has 0 bridgehead atoms. The van der Waals surface area contributed by atoms with Crippen molar-refractivity contribution in [3.8, 4) is 0 Å². The van der Waals surface area contributed by atoms with E-state index >= 15 is 0 Å². The van der Waals surface area contributed by atoms with Crippen molar-refractivity contribution in [2.45, 2.75) is 13.2 Å². The lowest BCUT2D eigenvalue weighted by Gasteiger charge is -2.10. The van der Waals surface area contributed by atoms with E-state index in [9.17, 15) is 4.89 Å². The van der Waals surface area contributed by atoms with Crippen LogP contribution in [0.3, 0.4) is 0 Å². The quantitative estimate of drug-likeness (QED) is 0.817. The number of rotatable bonds is 6. The van der Waals surface area contributed by atoms with Crippen LogP contribution >= 0.6 is 21.0 Å². The zero-order valence-corrected chi connectivity index (χ0v) is 12.0. The van der Waals surface area contributed by atoms with Gasteiger partial charge in [0.2, 0.25) is 0 Å². The van der Waals surface area contributed by atoms with Crippen molar-refractivity contribution in [2.75, 3.05) is 0 Å². The van der Waals surface area contributed by atoms with Gasteiger partial charge in [-0.15, -0.1) is 12.4 Å². The van der Waals surface area contributed by atoms with Crippen LogP contribution in [0.15, 0.2) is 60.7 Å². The van der Waals surface area contributed by atoms with Gasteiger partial charge in [-0.1, -0.05) is 60.7 Å². The molecule has 0 aliphatic carbocycles. The van der Waals surface area contributed by atoms with Crippen LogP contribution in [0.1, 0.15) is 11.1 Å². The van der Waals surface area contributed by atoms with E-state index in [1.807, 2.05) is 60.7 Å². The number of hydrogen-bond acceptors (Lipinski definition) is 3. The molecule has 19 heavy (non-hydrogen) atoms. The molecule has 0 amide bonds. The van der Waals surface area contributed by atoms with E-state index in [-0.39, 0.29) is 12.4 Å². The topological polar surface area (TPSA) is 38.7 Å². The second-order valence-electron chi connectivity index (χ2n) is 3.76. The zero-order chi connectivity index (χ0) is 12.6. The maximum Gasteiger partial charge on any atom is 0.330 e. The molecule has 0 saturated carbocycles. The van der Waals surface area contributed by atoms with Crippen molar-refractivity contribution in [3.05, 3.63) is 71.8 Å². The highest BCUT2D eigenvalue weighted by Gasteiger charge is 2.07. The number of halogens is 1. The lowest BCUT2D eigenvalue weighted by molar-refractivity contribution is 0.187. The van der Waals surface area contributed by atoms with Gasteiger partial charge in [0.1, 0.15) is 0 Å². The fraction of sp³-hybridized carbons (Fsp3) is 0.143. The van der Waals surface area contributed by atoms with E-state index in [1.165, 1.54) is 0 Å². The van der Waals surface area contributed by atoms with Gasteiger partial charge in [0, 0.05) is 0 Å². The Labute approximate surface area is 120 Å². The van der Waals surface area contributed by atoms with Gasteiger partial charge in [-0.05, 0) is 11.1 Å². The maximum atomic E-state index is 9.59. The highest BCUT2D eigenvalue weighted by atomic mass is 35.5. The summed E-state index contributed by atoms with van der Waals surface area (Å²) in [6.45, 7) is 0.718. The Hall–Kier alpha value is -0.960. The van der Waals surface area contributed by atoms with E-state index in [4.69, 9.17) is 9.05 Å². The Morgan fingerprint density at radius 3 is 1.47 bits per heavy atom. The lowest BCUT2D eigenvalue weighted by atomic mass is 10.2. The van der Waals surface area contributed by atoms with Crippen LogP contribution < -0.4 is 0 Å². The molecule has 1 N–H and O–H groups in total. The molecule has 0 aliphatic rings. The highest BCUT2D eigenvalue weighted by molar-refractivity contribution is 7.40. The molecule has 0 radical (unpaired) electrons. The molecule has 0 fully saturated rings. The van der Waals surface area contributed by atoms with Gasteiger partial charge in [0.15, 0.2) is 0 Å². The minimum absolute atomic E-state index is 0. The van der Waals surface area contributed by atoms with Crippen LogP contribution in [0.4, 0.5) is 0 Å². The molecule has 2 aromatic carbocycles. The monoisotopic (exact) mass is 298 g/mol. The third-order valence-electron chi connectivity index (χ3n) is 2.37. The standard InChI is InChI=1S/C14H15O3P.ClH/c15-18(16-11-13-7-3-1-4-8-13)17-12-14-9-5-2-6-10-14;/h1-10,15H,11-12H2;1H. The zero-order valence-electron chi connectivity index (χ0n) is 10.3. The first-order valence-electron chi connectivity index (χ1n) is 5.67. The Kier molecular flexibility index (Phi) is 7.65. The first-order chi connectivity index (χ1) is 8.84.